The second-order valence-electron chi connectivity index (χ2n) is 5.77. The maximum atomic E-state index is 13.0. The van der Waals surface area contributed by atoms with Crippen LogP contribution in [-0.2, 0) is 14.3 Å². The molecule has 5 nitrogen and oxygen atoms in total. The first-order valence-corrected chi connectivity index (χ1v) is 8.36. The summed E-state index contributed by atoms with van der Waals surface area (Å²) in [6.07, 6.45) is 1.41. The fraction of sp³-hybridized carbons (Fsp3) is 0.190. The number of likely N-dealkylation sites (N-methyl/N-ethyl adjacent to an activating group) is 1. The molecule has 0 radical (unpaired) electrons. The topological polar surface area (TPSA) is 70.4 Å². The number of carbonyl (C=O) groups is 2. The SMILES string of the molecule is CCN(C(=O)COC(=O)/C(C#N)=C/c1ccc(C)cc1)c1ccc(F)cc1. The predicted molar refractivity (Wildman–Crippen MR) is 100 cm³/mol. The Balaban J connectivity index is 2.03. The van der Waals surface area contributed by atoms with Crippen molar-refractivity contribution in [2.75, 3.05) is 18.1 Å². The minimum Gasteiger partial charge on any atom is -0.451 e. The fourth-order valence-corrected chi connectivity index (χ4v) is 2.37. The lowest BCUT2D eigenvalue weighted by Gasteiger charge is -2.20. The van der Waals surface area contributed by atoms with Gasteiger partial charge in [0.1, 0.15) is 17.5 Å². The van der Waals surface area contributed by atoms with E-state index in [1.165, 1.54) is 35.2 Å². The van der Waals surface area contributed by atoms with Gasteiger partial charge in [0.25, 0.3) is 5.91 Å². The van der Waals surface area contributed by atoms with Gasteiger partial charge in [0.05, 0.1) is 0 Å². The van der Waals surface area contributed by atoms with Crippen LogP contribution in [0.4, 0.5) is 10.1 Å². The van der Waals surface area contributed by atoms with Gasteiger partial charge in [0, 0.05) is 12.2 Å². The number of carbonyl (C=O) groups excluding carboxylic acids is 2. The fourth-order valence-electron chi connectivity index (χ4n) is 2.37. The summed E-state index contributed by atoms with van der Waals surface area (Å²) in [6.45, 7) is 3.49. The van der Waals surface area contributed by atoms with E-state index in [2.05, 4.69) is 0 Å². The molecule has 1 amide bonds. The van der Waals surface area contributed by atoms with Gasteiger partial charge in [-0.1, -0.05) is 29.8 Å². The van der Waals surface area contributed by atoms with Crippen LogP contribution in [0.15, 0.2) is 54.1 Å². The molecule has 2 aromatic carbocycles. The number of nitriles is 1. The molecule has 0 aliphatic rings. The minimum absolute atomic E-state index is 0.198. The van der Waals surface area contributed by atoms with Crippen LogP contribution in [0.5, 0.6) is 0 Å². The van der Waals surface area contributed by atoms with Crippen molar-refractivity contribution in [2.24, 2.45) is 0 Å². The maximum Gasteiger partial charge on any atom is 0.349 e. The smallest absolute Gasteiger partial charge is 0.349 e. The monoisotopic (exact) mass is 366 g/mol. The molecule has 0 saturated carbocycles. The zero-order chi connectivity index (χ0) is 19.8. The zero-order valence-corrected chi connectivity index (χ0v) is 15.1. The van der Waals surface area contributed by atoms with Crippen LogP contribution in [0.25, 0.3) is 6.08 Å². The Morgan fingerprint density at radius 2 is 1.78 bits per heavy atom. The summed E-state index contributed by atoms with van der Waals surface area (Å²) in [4.78, 5) is 25.8. The van der Waals surface area contributed by atoms with Gasteiger partial charge in [-0.15, -0.1) is 0 Å². The molecule has 0 heterocycles. The molecule has 0 spiro atoms. The lowest BCUT2D eigenvalue weighted by atomic mass is 10.1. The first kappa shape index (κ1) is 19.9. The molecule has 2 rings (SSSR count). The molecule has 0 atom stereocenters. The van der Waals surface area contributed by atoms with E-state index in [0.29, 0.717) is 17.8 Å². The summed E-state index contributed by atoms with van der Waals surface area (Å²) < 4.78 is 18.0. The van der Waals surface area contributed by atoms with Crippen molar-refractivity contribution in [2.45, 2.75) is 13.8 Å². The molecule has 0 aromatic heterocycles. The van der Waals surface area contributed by atoms with Gasteiger partial charge in [-0.05, 0) is 49.8 Å². The molecule has 0 saturated heterocycles. The van der Waals surface area contributed by atoms with E-state index in [1.54, 1.807) is 25.1 Å². The molecule has 0 aliphatic carbocycles. The summed E-state index contributed by atoms with van der Waals surface area (Å²) in [5.41, 5.74) is 2.04. The lowest BCUT2D eigenvalue weighted by molar-refractivity contribution is -0.143. The average molecular weight is 366 g/mol. The van der Waals surface area contributed by atoms with Crippen molar-refractivity contribution >= 4 is 23.6 Å². The second-order valence-corrected chi connectivity index (χ2v) is 5.77. The van der Waals surface area contributed by atoms with Crippen molar-refractivity contribution in [1.82, 2.24) is 0 Å². The van der Waals surface area contributed by atoms with Gasteiger partial charge in [0.15, 0.2) is 6.61 Å². The molecule has 0 fully saturated rings. The van der Waals surface area contributed by atoms with Gasteiger partial charge < -0.3 is 9.64 Å². The minimum atomic E-state index is -0.874. The number of rotatable bonds is 6. The standard InChI is InChI=1S/C21H19FN2O3/c1-3-24(19-10-8-18(22)9-11-19)20(25)14-27-21(26)17(13-23)12-16-6-4-15(2)5-7-16/h4-12H,3,14H2,1-2H3/b17-12+. The Hall–Kier alpha value is -3.46. The highest BCUT2D eigenvalue weighted by molar-refractivity contribution is 6.00. The third-order valence-electron chi connectivity index (χ3n) is 3.81. The van der Waals surface area contributed by atoms with Gasteiger partial charge in [0.2, 0.25) is 0 Å². The normalized spacial score (nSPS) is 10.8. The number of amides is 1. The van der Waals surface area contributed by atoms with Crippen LogP contribution in [0.3, 0.4) is 0 Å². The van der Waals surface area contributed by atoms with Crippen molar-refractivity contribution < 1.29 is 18.7 Å². The lowest BCUT2D eigenvalue weighted by Crippen LogP contribution is -2.34. The van der Waals surface area contributed by atoms with E-state index in [-0.39, 0.29) is 5.57 Å². The Labute approximate surface area is 157 Å². The molecule has 0 aliphatic heterocycles. The molecule has 27 heavy (non-hydrogen) atoms. The number of ether oxygens (including phenoxy) is 1. The van der Waals surface area contributed by atoms with Crippen LogP contribution in [-0.4, -0.2) is 25.0 Å². The number of nitrogens with zero attached hydrogens (tertiary/aromatic N) is 2. The van der Waals surface area contributed by atoms with Crippen LogP contribution >= 0.6 is 0 Å². The average Bonchev–Trinajstić information content (AvgIpc) is 2.67. The molecular formula is C21H19FN2O3. The zero-order valence-electron chi connectivity index (χ0n) is 15.1. The van der Waals surface area contributed by atoms with Gasteiger partial charge in [-0.25, -0.2) is 9.18 Å². The molecule has 6 heteroatoms. The molecule has 138 valence electrons. The van der Waals surface area contributed by atoms with E-state index in [4.69, 9.17) is 4.74 Å². The van der Waals surface area contributed by atoms with Gasteiger partial charge in [-0.3, -0.25) is 4.79 Å². The van der Waals surface area contributed by atoms with Crippen LogP contribution in [0, 0.1) is 24.1 Å². The van der Waals surface area contributed by atoms with Gasteiger partial charge >= 0.3 is 5.97 Å². The number of anilines is 1. The van der Waals surface area contributed by atoms with E-state index < -0.39 is 24.3 Å². The van der Waals surface area contributed by atoms with E-state index in [0.717, 1.165) is 5.56 Å². The Morgan fingerprint density at radius 3 is 2.33 bits per heavy atom. The number of hydrogen-bond acceptors (Lipinski definition) is 4. The Morgan fingerprint density at radius 1 is 1.15 bits per heavy atom. The number of esters is 1. The summed E-state index contributed by atoms with van der Waals surface area (Å²) in [5.74, 6) is -1.75. The first-order chi connectivity index (χ1) is 12.9. The van der Waals surface area contributed by atoms with Crippen molar-refractivity contribution in [1.29, 1.82) is 5.26 Å². The number of halogens is 1. The van der Waals surface area contributed by atoms with Gasteiger partial charge in [-0.2, -0.15) is 5.26 Å². The van der Waals surface area contributed by atoms with E-state index in [9.17, 15) is 19.2 Å². The van der Waals surface area contributed by atoms with Crippen LogP contribution in [0.1, 0.15) is 18.1 Å². The summed E-state index contributed by atoms with van der Waals surface area (Å²) in [7, 11) is 0. The number of benzene rings is 2. The van der Waals surface area contributed by atoms with Crippen LogP contribution in [0.2, 0.25) is 0 Å². The first-order valence-electron chi connectivity index (χ1n) is 8.36. The molecular weight excluding hydrogens is 347 g/mol. The number of aryl methyl sites for hydroxylation is 1. The van der Waals surface area contributed by atoms with E-state index >= 15 is 0 Å². The highest BCUT2D eigenvalue weighted by atomic mass is 19.1. The maximum absolute atomic E-state index is 13.0. The Bertz CT molecular complexity index is 881. The summed E-state index contributed by atoms with van der Waals surface area (Å²) in [6, 6.07) is 14.5. The largest absolute Gasteiger partial charge is 0.451 e. The van der Waals surface area contributed by atoms with Crippen LogP contribution < -0.4 is 4.90 Å². The number of hydrogen-bond donors (Lipinski definition) is 0. The van der Waals surface area contributed by atoms with Crippen molar-refractivity contribution in [3.8, 4) is 6.07 Å². The predicted octanol–water partition coefficient (Wildman–Crippen LogP) is 3.64. The summed E-state index contributed by atoms with van der Waals surface area (Å²) in [5, 5.41) is 9.19. The third kappa shape index (κ3) is 5.51. The molecule has 2 aromatic rings. The highest BCUT2D eigenvalue weighted by Gasteiger charge is 2.18. The van der Waals surface area contributed by atoms with Crippen molar-refractivity contribution in [3.63, 3.8) is 0 Å². The third-order valence-corrected chi connectivity index (χ3v) is 3.81. The summed E-state index contributed by atoms with van der Waals surface area (Å²) >= 11 is 0. The van der Waals surface area contributed by atoms with Crippen molar-refractivity contribution in [3.05, 3.63) is 71.0 Å². The quantitative estimate of drug-likeness (QED) is 0.445. The van der Waals surface area contributed by atoms with E-state index in [1.807, 2.05) is 19.1 Å². The molecule has 0 bridgehead atoms. The molecule has 0 N–H and O–H groups in total. The highest BCUT2D eigenvalue weighted by Crippen LogP contribution is 2.15. The molecule has 0 unspecified atom stereocenters. The Kier molecular flexibility index (Phi) is 6.84. The second kappa shape index (κ2) is 9.30.